The summed E-state index contributed by atoms with van der Waals surface area (Å²) >= 11 is 0. The van der Waals surface area contributed by atoms with E-state index in [0.717, 1.165) is 24.3 Å². The van der Waals surface area contributed by atoms with Crippen LogP contribution in [0.1, 0.15) is 35.6 Å². The molecule has 0 aliphatic heterocycles. The van der Waals surface area contributed by atoms with Crippen LogP contribution < -0.4 is 0 Å². The van der Waals surface area contributed by atoms with Gasteiger partial charge in [-0.15, -0.1) is 0 Å². The molecule has 5 heteroatoms. The van der Waals surface area contributed by atoms with Crippen LogP contribution in [0.5, 0.6) is 0 Å². The molecule has 2 heterocycles. The summed E-state index contributed by atoms with van der Waals surface area (Å²) in [5, 5.41) is 8.51. The number of nitrogens with zero attached hydrogens (tertiary/aromatic N) is 4. The summed E-state index contributed by atoms with van der Waals surface area (Å²) in [6, 6.07) is 1.73. The molecule has 0 amide bonds. The van der Waals surface area contributed by atoms with Gasteiger partial charge in [-0.05, 0) is 39.0 Å². The first-order valence-corrected chi connectivity index (χ1v) is 6.44. The molecule has 19 heavy (non-hydrogen) atoms. The number of allylic oxidation sites excluding steroid dienone is 1. The van der Waals surface area contributed by atoms with Crippen LogP contribution >= 0.6 is 0 Å². The second-order valence-corrected chi connectivity index (χ2v) is 4.28. The second kappa shape index (κ2) is 5.65. The van der Waals surface area contributed by atoms with Crippen molar-refractivity contribution in [1.29, 1.82) is 0 Å². The van der Waals surface area contributed by atoms with Crippen molar-refractivity contribution in [1.82, 2.24) is 19.6 Å². The van der Waals surface area contributed by atoms with Gasteiger partial charge in [0.25, 0.3) is 0 Å². The van der Waals surface area contributed by atoms with E-state index in [9.17, 15) is 4.79 Å². The van der Waals surface area contributed by atoms with Crippen LogP contribution in [-0.4, -0.2) is 25.3 Å². The predicted octanol–water partition coefficient (Wildman–Crippen LogP) is 2.32. The Bertz CT molecular complexity index is 607. The Kier molecular flexibility index (Phi) is 3.94. The summed E-state index contributed by atoms with van der Waals surface area (Å²) in [6.07, 6.45) is 7.08. The van der Waals surface area contributed by atoms with E-state index >= 15 is 0 Å². The highest BCUT2D eigenvalue weighted by Crippen LogP contribution is 2.09. The van der Waals surface area contributed by atoms with E-state index in [-0.39, 0.29) is 5.78 Å². The summed E-state index contributed by atoms with van der Waals surface area (Å²) in [5.41, 5.74) is 2.36. The van der Waals surface area contributed by atoms with Crippen molar-refractivity contribution >= 4 is 11.9 Å². The molecular weight excluding hydrogens is 240 g/mol. The number of carbonyl (C=O) groups excluding carboxylic acids is 1. The summed E-state index contributed by atoms with van der Waals surface area (Å²) < 4.78 is 3.59. The highest BCUT2D eigenvalue weighted by molar-refractivity contribution is 6.05. The van der Waals surface area contributed by atoms with Gasteiger partial charge in [-0.1, -0.05) is 0 Å². The van der Waals surface area contributed by atoms with E-state index in [0.29, 0.717) is 5.69 Å². The zero-order valence-electron chi connectivity index (χ0n) is 11.5. The van der Waals surface area contributed by atoms with Gasteiger partial charge in [0.15, 0.2) is 0 Å². The maximum Gasteiger partial charge on any atom is 0.206 e. The van der Waals surface area contributed by atoms with Crippen molar-refractivity contribution < 1.29 is 4.79 Å². The average Bonchev–Trinajstić information content (AvgIpc) is 3.02. The van der Waals surface area contributed by atoms with Crippen molar-refractivity contribution in [2.45, 2.75) is 33.9 Å². The van der Waals surface area contributed by atoms with Gasteiger partial charge in [0, 0.05) is 31.0 Å². The van der Waals surface area contributed by atoms with Crippen molar-refractivity contribution in [2.75, 3.05) is 0 Å². The number of hydrogen-bond acceptors (Lipinski definition) is 3. The molecule has 2 aromatic rings. The Hall–Kier alpha value is -2.17. The number of rotatable bonds is 5. The SMILES string of the molecule is CCn1ccc(C(=O)/C=C/c2cn(CC)nc2C)n1. The molecule has 5 nitrogen and oxygen atoms in total. The fourth-order valence-electron chi connectivity index (χ4n) is 1.78. The molecule has 0 radical (unpaired) electrons. The Morgan fingerprint density at radius 2 is 2.00 bits per heavy atom. The van der Waals surface area contributed by atoms with E-state index in [1.807, 2.05) is 31.6 Å². The lowest BCUT2D eigenvalue weighted by Gasteiger charge is -1.92. The number of carbonyl (C=O) groups is 1. The third kappa shape index (κ3) is 2.99. The number of aryl methyl sites for hydroxylation is 3. The molecule has 0 aliphatic carbocycles. The molecule has 0 saturated carbocycles. The maximum atomic E-state index is 11.9. The van der Waals surface area contributed by atoms with Gasteiger partial charge in [0.05, 0.1) is 5.69 Å². The second-order valence-electron chi connectivity index (χ2n) is 4.28. The molecule has 2 rings (SSSR count). The summed E-state index contributed by atoms with van der Waals surface area (Å²) in [6.45, 7) is 7.53. The van der Waals surface area contributed by atoms with E-state index in [4.69, 9.17) is 0 Å². The predicted molar refractivity (Wildman–Crippen MR) is 73.9 cm³/mol. The van der Waals surface area contributed by atoms with Gasteiger partial charge in [-0.25, -0.2) is 0 Å². The summed E-state index contributed by atoms with van der Waals surface area (Å²) in [7, 11) is 0. The van der Waals surface area contributed by atoms with Crippen LogP contribution in [-0.2, 0) is 13.1 Å². The fourth-order valence-corrected chi connectivity index (χ4v) is 1.78. The average molecular weight is 258 g/mol. The van der Waals surface area contributed by atoms with Crippen LogP contribution in [0.15, 0.2) is 24.5 Å². The Morgan fingerprint density at radius 1 is 1.26 bits per heavy atom. The molecule has 0 bridgehead atoms. The third-order valence-corrected chi connectivity index (χ3v) is 2.94. The molecule has 100 valence electrons. The fraction of sp³-hybridized carbons (Fsp3) is 0.357. The minimum absolute atomic E-state index is 0.0872. The number of ketones is 1. The lowest BCUT2D eigenvalue weighted by molar-refractivity contribution is 0.104. The first-order valence-electron chi connectivity index (χ1n) is 6.44. The molecule has 0 spiro atoms. The van der Waals surface area contributed by atoms with E-state index in [2.05, 4.69) is 10.2 Å². The Balaban J connectivity index is 2.13. The Morgan fingerprint density at radius 3 is 2.58 bits per heavy atom. The van der Waals surface area contributed by atoms with Crippen molar-refractivity contribution in [2.24, 2.45) is 0 Å². The Labute approximate surface area is 112 Å². The minimum atomic E-state index is -0.0872. The van der Waals surface area contributed by atoms with Crippen LogP contribution in [0.25, 0.3) is 6.08 Å². The highest BCUT2D eigenvalue weighted by atomic mass is 16.1. The molecule has 0 unspecified atom stereocenters. The molecule has 0 fully saturated rings. The molecule has 0 atom stereocenters. The normalized spacial score (nSPS) is 11.3. The summed E-state index contributed by atoms with van der Waals surface area (Å²) in [4.78, 5) is 11.9. The zero-order valence-corrected chi connectivity index (χ0v) is 11.5. The minimum Gasteiger partial charge on any atom is -0.287 e. The van der Waals surface area contributed by atoms with Gasteiger partial charge < -0.3 is 0 Å². The van der Waals surface area contributed by atoms with Gasteiger partial charge >= 0.3 is 0 Å². The quantitative estimate of drug-likeness (QED) is 0.611. The monoisotopic (exact) mass is 258 g/mol. The smallest absolute Gasteiger partial charge is 0.206 e. The lowest BCUT2D eigenvalue weighted by Crippen LogP contribution is -1.99. The topological polar surface area (TPSA) is 52.7 Å². The van der Waals surface area contributed by atoms with Gasteiger partial charge in [-0.3, -0.25) is 14.2 Å². The van der Waals surface area contributed by atoms with Gasteiger partial charge in [-0.2, -0.15) is 10.2 Å². The van der Waals surface area contributed by atoms with E-state index in [1.54, 1.807) is 29.1 Å². The maximum absolute atomic E-state index is 11.9. The van der Waals surface area contributed by atoms with E-state index < -0.39 is 0 Å². The summed E-state index contributed by atoms with van der Waals surface area (Å²) in [5.74, 6) is -0.0872. The first kappa shape index (κ1) is 13.3. The van der Waals surface area contributed by atoms with E-state index in [1.165, 1.54) is 0 Å². The zero-order chi connectivity index (χ0) is 13.8. The third-order valence-electron chi connectivity index (χ3n) is 2.94. The number of hydrogen-bond donors (Lipinski definition) is 0. The highest BCUT2D eigenvalue weighted by Gasteiger charge is 2.06. The lowest BCUT2D eigenvalue weighted by atomic mass is 10.2. The van der Waals surface area contributed by atoms with Crippen molar-refractivity contribution in [3.63, 3.8) is 0 Å². The van der Waals surface area contributed by atoms with Gasteiger partial charge in [0.1, 0.15) is 5.69 Å². The molecule has 0 aromatic carbocycles. The molecule has 0 saturated heterocycles. The van der Waals surface area contributed by atoms with Crippen LogP contribution in [0.3, 0.4) is 0 Å². The first-order chi connectivity index (χ1) is 9.13. The van der Waals surface area contributed by atoms with Crippen molar-refractivity contribution in [3.8, 4) is 0 Å². The van der Waals surface area contributed by atoms with Crippen LogP contribution in [0.2, 0.25) is 0 Å². The van der Waals surface area contributed by atoms with Crippen molar-refractivity contribution in [3.05, 3.63) is 41.5 Å². The van der Waals surface area contributed by atoms with Crippen LogP contribution in [0.4, 0.5) is 0 Å². The largest absolute Gasteiger partial charge is 0.287 e. The molecule has 0 aliphatic rings. The van der Waals surface area contributed by atoms with Gasteiger partial charge in [0.2, 0.25) is 5.78 Å². The molecule has 0 N–H and O–H groups in total. The van der Waals surface area contributed by atoms with Crippen LogP contribution in [0, 0.1) is 6.92 Å². The molecular formula is C14H18N4O. The molecule has 2 aromatic heterocycles. The number of aromatic nitrogens is 4. The standard InChI is InChI=1S/C14H18N4O/c1-4-17-9-8-13(16-17)14(19)7-6-12-10-18(5-2)15-11(12)3/h6-10H,4-5H2,1-3H3/b7-6+.